The molecular weight excluding hydrogens is 274 g/mol. The fraction of sp³-hybridized carbons (Fsp3) is 0.533. The lowest BCUT2D eigenvalue weighted by molar-refractivity contribution is -0.117. The average molecular weight is 296 g/mol. The number of hydrogen-bond donors (Lipinski definition) is 2. The zero-order chi connectivity index (χ0) is 14.9. The van der Waals surface area contributed by atoms with Crippen LogP contribution in [-0.2, 0) is 4.79 Å². The van der Waals surface area contributed by atoms with Gasteiger partial charge in [0.1, 0.15) is 6.04 Å². The molecule has 0 fully saturated rings. The number of anilines is 2. The van der Waals surface area contributed by atoms with Crippen molar-refractivity contribution < 1.29 is 4.79 Å². The van der Waals surface area contributed by atoms with E-state index in [1.165, 1.54) is 0 Å². The Morgan fingerprint density at radius 2 is 2.20 bits per heavy atom. The van der Waals surface area contributed by atoms with Gasteiger partial charge in [-0.2, -0.15) is 0 Å². The second-order valence-electron chi connectivity index (χ2n) is 5.35. The fourth-order valence-corrected chi connectivity index (χ4v) is 2.98. The Morgan fingerprint density at radius 1 is 1.50 bits per heavy atom. The van der Waals surface area contributed by atoms with E-state index in [4.69, 9.17) is 11.6 Å². The van der Waals surface area contributed by atoms with E-state index in [2.05, 4.69) is 29.4 Å². The molecule has 4 nitrogen and oxygen atoms in total. The monoisotopic (exact) mass is 295 g/mol. The molecule has 1 aromatic carbocycles. The van der Waals surface area contributed by atoms with Crippen LogP contribution < -0.4 is 15.5 Å². The highest BCUT2D eigenvalue weighted by Crippen LogP contribution is 2.39. The first-order chi connectivity index (χ1) is 9.49. The Hall–Kier alpha value is -1.26. The van der Waals surface area contributed by atoms with Crippen LogP contribution in [0, 0.1) is 0 Å². The van der Waals surface area contributed by atoms with Crippen LogP contribution in [0.3, 0.4) is 0 Å². The van der Waals surface area contributed by atoms with Crippen molar-refractivity contribution in [2.75, 3.05) is 24.3 Å². The molecule has 1 amide bonds. The van der Waals surface area contributed by atoms with Crippen LogP contribution >= 0.6 is 11.6 Å². The number of rotatable bonds is 5. The average Bonchev–Trinajstić information content (AvgIpc) is 2.71. The van der Waals surface area contributed by atoms with E-state index in [0.717, 1.165) is 29.8 Å². The van der Waals surface area contributed by atoms with Crippen LogP contribution in [0.25, 0.3) is 0 Å². The summed E-state index contributed by atoms with van der Waals surface area (Å²) in [5.41, 5.74) is 2.73. The predicted molar refractivity (Wildman–Crippen MR) is 84.7 cm³/mol. The number of benzene rings is 1. The smallest absolute Gasteiger partial charge is 0.246 e. The number of fused-ring (bicyclic) bond motifs is 1. The van der Waals surface area contributed by atoms with Crippen molar-refractivity contribution in [3.05, 3.63) is 22.7 Å². The molecule has 0 saturated carbocycles. The van der Waals surface area contributed by atoms with Gasteiger partial charge in [0.25, 0.3) is 0 Å². The number of hydrogen-bond acceptors (Lipinski definition) is 3. The maximum atomic E-state index is 11.9. The highest BCUT2D eigenvalue weighted by molar-refractivity contribution is 6.33. The highest BCUT2D eigenvalue weighted by Gasteiger charge is 2.30. The summed E-state index contributed by atoms with van der Waals surface area (Å²) >= 11 is 6.41. The number of nitrogens with one attached hydrogen (secondary N) is 2. The third-order valence-corrected chi connectivity index (χ3v) is 4.29. The normalized spacial score (nSPS) is 18.6. The van der Waals surface area contributed by atoms with E-state index in [0.29, 0.717) is 11.1 Å². The molecule has 0 aromatic heterocycles. The molecule has 1 aliphatic heterocycles. The molecule has 0 radical (unpaired) electrons. The number of nitrogens with zero attached hydrogens (tertiary/aromatic N) is 1. The summed E-state index contributed by atoms with van der Waals surface area (Å²) in [6, 6.07) is 3.96. The third kappa shape index (κ3) is 2.63. The van der Waals surface area contributed by atoms with Crippen molar-refractivity contribution in [3.8, 4) is 0 Å². The number of carbonyl (C=O) groups is 1. The van der Waals surface area contributed by atoms with Gasteiger partial charge in [0.05, 0.1) is 10.7 Å². The van der Waals surface area contributed by atoms with Gasteiger partial charge in [0.15, 0.2) is 0 Å². The minimum Gasteiger partial charge on any atom is -0.371 e. The summed E-state index contributed by atoms with van der Waals surface area (Å²) in [6.07, 6.45) is 2.24. The van der Waals surface area contributed by atoms with Gasteiger partial charge in [-0.15, -0.1) is 0 Å². The van der Waals surface area contributed by atoms with Crippen LogP contribution in [0.1, 0.15) is 38.3 Å². The second kappa shape index (κ2) is 6.02. The molecule has 2 atom stereocenters. The summed E-state index contributed by atoms with van der Waals surface area (Å²) in [5.74, 6) is -0.0278. The van der Waals surface area contributed by atoms with Gasteiger partial charge in [0, 0.05) is 24.3 Å². The van der Waals surface area contributed by atoms with Crippen LogP contribution in [0.2, 0.25) is 5.02 Å². The zero-order valence-electron chi connectivity index (χ0n) is 12.5. The lowest BCUT2D eigenvalue weighted by Crippen LogP contribution is -2.28. The maximum absolute atomic E-state index is 11.9. The molecule has 20 heavy (non-hydrogen) atoms. The minimum atomic E-state index is -0.310. The third-order valence-electron chi connectivity index (χ3n) is 3.99. The first-order valence-electron chi connectivity index (χ1n) is 7.04. The Morgan fingerprint density at radius 3 is 2.80 bits per heavy atom. The number of amides is 1. The van der Waals surface area contributed by atoms with Crippen LogP contribution in [0.4, 0.5) is 11.4 Å². The van der Waals surface area contributed by atoms with Gasteiger partial charge >= 0.3 is 0 Å². The van der Waals surface area contributed by atoms with Crippen molar-refractivity contribution in [3.63, 3.8) is 0 Å². The molecule has 2 rings (SSSR count). The molecule has 2 unspecified atom stereocenters. The van der Waals surface area contributed by atoms with Crippen molar-refractivity contribution in [1.82, 2.24) is 5.32 Å². The van der Waals surface area contributed by atoms with Gasteiger partial charge in [-0.05, 0) is 32.5 Å². The van der Waals surface area contributed by atoms with Gasteiger partial charge in [-0.1, -0.05) is 24.9 Å². The molecule has 5 heteroatoms. The van der Waals surface area contributed by atoms with Crippen molar-refractivity contribution >= 4 is 28.9 Å². The van der Waals surface area contributed by atoms with Crippen LogP contribution in [0.15, 0.2) is 12.1 Å². The van der Waals surface area contributed by atoms with Crippen molar-refractivity contribution in [2.45, 2.75) is 38.8 Å². The predicted octanol–water partition coefficient (Wildman–Crippen LogP) is 3.18. The van der Waals surface area contributed by atoms with Crippen LogP contribution in [0.5, 0.6) is 0 Å². The molecule has 0 spiro atoms. The maximum Gasteiger partial charge on any atom is 0.246 e. The summed E-state index contributed by atoms with van der Waals surface area (Å²) in [4.78, 5) is 14.0. The highest BCUT2D eigenvalue weighted by atomic mass is 35.5. The topological polar surface area (TPSA) is 44.4 Å². The summed E-state index contributed by atoms with van der Waals surface area (Å²) in [5, 5.41) is 6.60. The molecule has 2 N–H and O–H groups in total. The molecule has 0 bridgehead atoms. The van der Waals surface area contributed by atoms with Crippen molar-refractivity contribution in [2.24, 2.45) is 0 Å². The lowest BCUT2D eigenvalue weighted by atomic mass is 10.1. The quantitative estimate of drug-likeness (QED) is 0.877. The van der Waals surface area contributed by atoms with E-state index in [9.17, 15) is 4.79 Å². The van der Waals surface area contributed by atoms with E-state index in [-0.39, 0.29) is 11.9 Å². The van der Waals surface area contributed by atoms with Gasteiger partial charge in [0.2, 0.25) is 5.91 Å². The van der Waals surface area contributed by atoms with Crippen LogP contribution in [-0.4, -0.2) is 26.0 Å². The number of carbonyl (C=O) groups excluding carboxylic acids is 1. The largest absolute Gasteiger partial charge is 0.371 e. The zero-order valence-corrected chi connectivity index (χ0v) is 13.2. The van der Waals surface area contributed by atoms with E-state index >= 15 is 0 Å². The second-order valence-corrected chi connectivity index (χ2v) is 5.76. The molecule has 110 valence electrons. The van der Waals surface area contributed by atoms with E-state index < -0.39 is 0 Å². The van der Waals surface area contributed by atoms with Gasteiger partial charge < -0.3 is 15.5 Å². The fourth-order valence-electron chi connectivity index (χ4n) is 2.68. The van der Waals surface area contributed by atoms with Gasteiger partial charge in [-0.3, -0.25) is 4.79 Å². The van der Waals surface area contributed by atoms with Gasteiger partial charge in [-0.25, -0.2) is 0 Å². The molecule has 0 aliphatic carbocycles. The molecule has 1 aliphatic rings. The SMILES string of the molecule is CCCC(C)N(C)c1cc2c(cc1Cl)C(NC)C(=O)N2. The van der Waals surface area contributed by atoms with Crippen molar-refractivity contribution in [1.29, 1.82) is 0 Å². The number of likely N-dealkylation sites (N-methyl/N-ethyl adjacent to an activating group) is 1. The molecule has 1 heterocycles. The standard InChI is InChI=1S/C15H22ClN3O/c1-5-6-9(2)19(4)13-8-12-10(7-11(13)16)14(17-3)15(20)18-12/h7-9,14,17H,5-6H2,1-4H3,(H,18,20). The first-order valence-corrected chi connectivity index (χ1v) is 7.41. The molecule has 1 aromatic rings. The molecular formula is C15H22ClN3O. The number of halogens is 1. The lowest BCUT2D eigenvalue weighted by Gasteiger charge is -2.28. The first kappa shape index (κ1) is 15.1. The Bertz CT molecular complexity index is 518. The Labute approximate surface area is 125 Å². The van der Waals surface area contributed by atoms with E-state index in [1.54, 1.807) is 7.05 Å². The molecule has 0 saturated heterocycles. The van der Waals surface area contributed by atoms with E-state index in [1.807, 2.05) is 19.2 Å². The summed E-state index contributed by atoms with van der Waals surface area (Å²) in [7, 11) is 3.82. The minimum absolute atomic E-state index is 0.0278. The summed E-state index contributed by atoms with van der Waals surface area (Å²) in [6.45, 7) is 4.36. The summed E-state index contributed by atoms with van der Waals surface area (Å²) < 4.78 is 0. The Kier molecular flexibility index (Phi) is 4.55. The Balaban J connectivity index is 2.35.